The van der Waals surface area contributed by atoms with Gasteiger partial charge in [0.2, 0.25) is 11.8 Å². The van der Waals surface area contributed by atoms with E-state index in [0.29, 0.717) is 23.2 Å². The zero-order valence-corrected chi connectivity index (χ0v) is 30.8. The third kappa shape index (κ3) is 7.32. The second-order valence-electron chi connectivity index (χ2n) is 15.4. The number of aromatic nitrogens is 2. The molecule has 13 heteroatoms. The number of hydrogen-bond acceptors (Lipinski definition) is 8. The Balaban J connectivity index is 0.921. The fourth-order valence-electron chi connectivity index (χ4n) is 8.83. The third-order valence-electron chi connectivity index (χ3n) is 11.9. The molecule has 0 aliphatic carbocycles. The molecule has 4 fully saturated rings. The topological polar surface area (TPSA) is 120 Å². The molecule has 3 aromatic rings. The number of amides is 3. The molecule has 4 aliphatic heterocycles. The van der Waals surface area contributed by atoms with Crippen LogP contribution >= 0.6 is 11.6 Å². The van der Waals surface area contributed by atoms with Crippen LogP contribution in [-0.4, -0.2) is 89.7 Å². The lowest BCUT2D eigenvalue weighted by Crippen LogP contribution is -2.48. The van der Waals surface area contributed by atoms with Crippen LogP contribution in [-0.2, 0) is 16.6 Å². The molecule has 5 heterocycles. The molecule has 0 bridgehead atoms. The summed E-state index contributed by atoms with van der Waals surface area (Å²) >= 11 is 6.32. The molecule has 3 amide bonds. The zero-order valence-electron chi connectivity index (χ0n) is 30.1. The number of likely N-dealkylation sites (tertiary alicyclic amines) is 2. The van der Waals surface area contributed by atoms with Crippen LogP contribution in [0.4, 0.5) is 15.8 Å². The van der Waals surface area contributed by atoms with Crippen LogP contribution in [0.15, 0.2) is 47.4 Å². The largest absolute Gasteiger partial charge is 0.378 e. The van der Waals surface area contributed by atoms with Gasteiger partial charge in [0, 0.05) is 75.6 Å². The van der Waals surface area contributed by atoms with Crippen LogP contribution in [0.5, 0.6) is 0 Å². The van der Waals surface area contributed by atoms with Crippen molar-refractivity contribution in [1.82, 2.24) is 24.9 Å². The first-order valence-corrected chi connectivity index (χ1v) is 18.7. The highest BCUT2D eigenvalue weighted by atomic mass is 35.5. The van der Waals surface area contributed by atoms with Gasteiger partial charge in [-0.05, 0) is 99.2 Å². The van der Waals surface area contributed by atoms with E-state index in [1.54, 1.807) is 19.3 Å². The first-order valence-electron chi connectivity index (χ1n) is 18.3. The molecule has 1 aromatic heterocycles. The van der Waals surface area contributed by atoms with Crippen LogP contribution in [0, 0.1) is 18.2 Å². The van der Waals surface area contributed by atoms with Crippen molar-refractivity contribution in [1.29, 1.82) is 0 Å². The summed E-state index contributed by atoms with van der Waals surface area (Å²) < 4.78 is 16.7. The van der Waals surface area contributed by atoms with Crippen molar-refractivity contribution in [3.8, 4) is 0 Å². The van der Waals surface area contributed by atoms with Gasteiger partial charge in [-0.25, -0.2) is 9.07 Å². The molecule has 4 aliphatic rings. The zero-order chi connectivity index (χ0) is 36.7. The Morgan fingerprint density at radius 2 is 1.69 bits per heavy atom. The van der Waals surface area contributed by atoms with Crippen molar-refractivity contribution in [2.24, 2.45) is 12.5 Å². The highest BCUT2D eigenvalue weighted by Crippen LogP contribution is 2.43. The summed E-state index contributed by atoms with van der Waals surface area (Å²) in [4.78, 5) is 56.4. The van der Waals surface area contributed by atoms with Crippen LogP contribution in [0.2, 0.25) is 5.02 Å². The van der Waals surface area contributed by atoms with Gasteiger partial charge in [-0.15, -0.1) is 0 Å². The van der Waals surface area contributed by atoms with Gasteiger partial charge in [0.15, 0.2) is 0 Å². The van der Waals surface area contributed by atoms with Crippen LogP contribution in [0.3, 0.4) is 0 Å². The minimum absolute atomic E-state index is 0.0639. The van der Waals surface area contributed by atoms with Gasteiger partial charge in [-0.3, -0.25) is 24.5 Å². The average Bonchev–Trinajstić information content (AvgIpc) is 3.12. The number of carbonyl (C=O) groups is 3. The number of rotatable bonds is 6. The number of hydrogen-bond donors (Lipinski definition) is 2. The highest BCUT2D eigenvalue weighted by molar-refractivity contribution is 6.32. The summed E-state index contributed by atoms with van der Waals surface area (Å²) in [6, 6.07) is 11.6. The summed E-state index contributed by atoms with van der Waals surface area (Å²) in [7, 11) is 3.66. The van der Waals surface area contributed by atoms with Crippen molar-refractivity contribution in [2.75, 3.05) is 56.5 Å². The van der Waals surface area contributed by atoms with Gasteiger partial charge < -0.3 is 20.0 Å². The number of halogens is 2. The molecule has 1 unspecified atom stereocenters. The lowest BCUT2D eigenvalue weighted by atomic mass is 9.71. The molecule has 1 spiro atoms. The number of piperidine rings is 4. The minimum Gasteiger partial charge on any atom is -0.378 e. The van der Waals surface area contributed by atoms with Crippen molar-refractivity contribution in [3.05, 3.63) is 86.0 Å². The van der Waals surface area contributed by atoms with Crippen LogP contribution in [0.25, 0.3) is 0 Å². The maximum Gasteiger partial charge on any atom is 0.287 e. The van der Waals surface area contributed by atoms with Gasteiger partial charge in [0.25, 0.3) is 11.5 Å². The van der Waals surface area contributed by atoms with Gasteiger partial charge in [0.05, 0.1) is 17.8 Å². The van der Waals surface area contributed by atoms with Gasteiger partial charge in [-0.2, -0.15) is 5.10 Å². The Kier molecular flexibility index (Phi) is 10.1. The van der Waals surface area contributed by atoms with E-state index in [9.17, 15) is 19.2 Å². The van der Waals surface area contributed by atoms with E-state index in [1.165, 1.54) is 10.2 Å². The van der Waals surface area contributed by atoms with Crippen molar-refractivity contribution in [2.45, 2.75) is 69.7 Å². The van der Waals surface area contributed by atoms with Crippen molar-refractivity contribution < 1.29 is 18.8 Å². The fourth-order valence-corrected chi connectivity index (χ4v) is 9.06. The molecule has 4 saturated heterocycles. The summed E-state index contributed by atoms with van der Waals surface area (Å²) in [5.74, 6) is -1.45. The SMILES string of the molecule is Cc1cc(N2CCC3(CCN(C(=O)c4ccc([C@H]5C[C@@H](Nc6cnn(C)c(=O)c6Cl)CN(C)C5)cc4)CC3)CC2)cc(F)c1C1CCC(=O)NC1=O. The van der Waals surface area contributed by atoms with E-state index < -0.39 is 17.6 Å². The molecule has 0 radical (unpaired) electrons. The number of imide groups is 1. The van der Waals surface area contributed by atoms with E-state index in [2.05, 4.69) is 44.7 Å². The maximum atomic E-state index is 15.4. The molecule has 3 atom stereocenters. The average molecular weight is 732 g/mol. The molecule has 52 heavy (non-hydrogen) atoms. The number of nitrogens with zero attached hydrogens (tertiary/aromatic N) is 5. The van der Waals surface area contributed by atoms with E-state index in [0.717, 1.165) is 82.6 Å². The molecule has 276 valence electrons. The quantitative estimate of drug-likeness (QED) is 0.347. The molecular formula is C39H47ClFN7O4. The Labute approximate surface area is 308 Å². The number of likely N-dealkylation sites (N-methyl/N-ethyl adjacent to an activating group) is 1. The third-order valence-corrected chi connectivity index (χ3v) is 12.3. The van der Waals surface area contributed by atoms with Crippen molar-refractivity contribution >= 4 is 40.7 Å². The minimum atomic E-state index is -0.644. The number of nitrogens with one attached hydrogen (secondary N) is 2. The molecule has 7 rings (SSSR count). The molecule has 2 aromatic carbocycles. The van der Waals surface area contributed by atoms with Gasteiger partial charge in [-0.1, -0.05) is 23.7 Å². The van der Waals surface area contributed by atoms with Gasteiger partial charge in [0.1, 0.15) is 10.8 Å². The summed E-state index contributed by atoms with van der Waals surface area (Å²) in [5, 5.41) is 10.0. The smallest absolute Gasteiger partial charge is 0.287 e. The van der Waals surface area contributed by atoms with E-state index in [1.807, 2.05) is 30.0 Å². The van der Waals surface area contributed by atoms with E-state index in [-0.39, 0.29) is 46.2 Å². The Bertz CT molecular complexity index is 1890. The Hall–Kier alpha value is -4.29. The maximum absolute atomic E-state index is 15.4. The van der Waals surface area contributed by atoms with Crippen LogP contribution < -0.4 is 21.1 Å². The fraction of sp³-hybridized carbons (Fsp3) is 0.513. The predicted octanol–water partition coefficient (Wildman–Crippen LogP) is 4.82. The van der Waals surface area contributed by atoms with Crippen molar-refractivity contribution in [3.63, 3.8) is 0 Å². The lowest BCUT2D eigenvalue weighted by molar-refractivity contribution is -0.134. The van der Waals surface area contributed by atoms with E-state index >= 15 is 4.39 Å². The summed E-state index contributed by atoms with van der Waals surface area (Å²) in [6.07, 6.45) is 6.85. The normalized spacial score (nSPS) is 23.8. The van der Waals surface area contributed by atoms with Gasteiger partial charge >= 0.3 is 0 Å². The number of aryl methyl sites for hydroxylation is 2. The van der Waals surface area contributed by atoms with Crippen LogP contribution in [0.1, 0.15) is 83.8 Å². The highest BCUT2D eigenvalue weighted by Gasteiger charge is 2.39. The molecule has 11 nitrogen and oxygen atoms in total. The molecule has 2 N–H and O–H groups in total. The monoisotopic (exact) mass is 731 g/mol. The number of benzene rings is 2. The Morgan fingerprint density at radius 3 is 2.37 bits per heavy atom. The molecule has 0 saturated carbocycles. The number of anilines is 2. The standard InChI is InChI=1S/C39H47ClFN7O4/c1-24-18-29(20-31(41)34(24)30-8-9-33(49)44-36(30)50)47-14-10-39(11-15-47)12-16-48(17-13-39)37(51)26-6-4-25(5-7-26)27-19-28(23-45(2)22-27)43-32-21-42-46(3)38(52)35(32)40/h4-7,18,20-21,27-28,30,43H,8-17,19,22-23H2,1-3H3,(H,44,49,50)/t27-,28+,30?/m0/s1. The Morgan fingerprint density at radius 1 is 1.00 bits per heavy atom. The van der Waals surface area contributed by atoms with E-state index in [4.69, 9.17) is 11.6 Å². The summed E-state index contributed by atoms with van der Waals surface area (Å²) in [5.41, 5.74) is 4.20. The first-order chi connectivity index (χ1) is 24.9. The lowest BCUT2D eigenvalue weighted by Gasteiger charge is -2.47. The summed E-state index contributed by atoms with van der Waals surface area (Å²) in [6.45, 7) is 6.60. The second-order valence-corrected chi connectivity index (χ2v) is 15.7. The first kappa shape index (κ1) is 36.1. The molecular weight excluding hydrogens is 685 g/mol. The predicted molar refractivity (Wildman–Crippen MR) is 198 cm³/mol. The second kappa shape index (κ2) is 14.6. The number of carbonyl (C=O) groups excluding carboxylic acids is 3.